The number of carbonyl (C=O) groups excluding carboxylic acids is 2. The standard InChI is InChI=1S/C18H21N3O4/c1-10-4-6-15(25-10)12(3)20-18(23)19-11(2)13-5-7-16-14(8-13)21-17(22)9-24-16/h4-8,11-12H,9H2,1-3H3,(H,21,22)(H2,19,20,23)/t11-,12-/m0/s1. The Kier molecular flexibility index (Phi) is 4.65. The molecule has 1 aliphatic heterocycles. The first-order valence-corrected chi connectivity index (χ1v) is 8.12. The van der Waals surface area contributed by atoms with E-state index in [0.717, 1.165) is 11.3 Å². The summed E-state index contributed by atoms with van der Waals surface area (Å²) in [4.78, 5) is 23.6. The van der Waals surface area contributed by atoms with E-state index in [4.69, 9.17) is 9.15 Å². The predicted molar refractivity (Wildman–Crippen MR) is 92.5 cm³/mol. The van der Waals surface area contributed by atoms with Crippen LogP contribution < -0.4 is 20.7 Å². The van der Waals surface area contributed by atoms with E-state index in [9.17, 15) is 9.59 Å². The first-order valence-electron chi connectivity index (χ1n) is 8.12. The molecule has 0 fully saturated rings. The average Bonchev–Trinajstić information content (AvgIpc) is 3.00. The maximum absolute atomic E-state index is 12.2. The van der Waals surface area contributed by atoms with Crippen LogP contribution in [0.25, 0.3) is 0 Å². The highest BCUT2D eigenvalue weighted by Crippen LogP contribution is 2.30. The molecule has 0 bridgehead atoms. The molecule has 1 aliphatic rings. The Hall–Kier alpha value is -2.96. The second-order valence-electron chi connectivity index (χ2n) is 6.10. The summed E-state index contributed by atoms with van der Waals surface area (Å²) >= 11 is 0. The number of benzene rings is 1. The van der Waals surface area contributed by atoms with Gasteiger partial charge in [0.05, 0.1) is 17.8 Å². The van der Waals surface area contributed by atoms with Gasteiger partial charge in [-0.1, -0.05) is 6.07 Å². The Morgan fingerprint density at radius 2 is 1.92 bits per heavy atom. The third-order valence-corrected chi connectivity index (χ3v) is 4.02. The fourth-order valence-corrected chi connectivity index (χ4v) is 2.65. The summed E-state index contributed by atoms with van der Waals surface area (Å²) < 4.78 is 10.8. The molecular formula is C18H21N3O4. The molecule has 7 heteroatoms. The van der Waals surface area contributed by atoms with Gasteiger partial charge in [0.15, 0.2) is 6.61 Å². The van der Waals surface area contributed by atoms with Crippen molar-refractivity contribution in [1.82, 2.24) is 10.6 Å². The molecule has 132 valence electrons. The van der Waals surface area contributed by atoms with Gasteiger partial charge in [-0.3, -0.25) is 4.79 Å². The number of amides is 3. The number of anilines is 1. The number of ether oxygens (including phenoxy) is 1. The van der Waals surface area contributed by atoms with E-state index < -0.39 is 0 Å². The molecule has 25 heavy (non-hydrogen) atoms. The van der Waals surface area contributed by atoms with E-state index >= 15 is 0 Å². The Morgan fingerprint density at radius 1 is 1.16 bits per heavy atom. The van der Waals surface area contributed by atoms with Crippen LogP contribution in [0.3, 0.4) is 0 Å². The van der Waals surface area contributed by atoms with Crippen LogP contribution in [-0.4, -0.2) is 18.5 Å². The third kappa shape index (κ3) is 3.93. The molecule has 1 aromatic heterocycles. The number of hydrogen-bond donors (Lipinski definition) is 3. The Bertz CT molecular complexity index is 799. The number of nitrogens with one attached hydrogen (secondary N) is 3. The fourth-order valence-electron chi connectivity index (χ4n) is 2.65. The molecule has 0 spiro atoms. The molecule has 3 rings (SSSR count). The van der Waals surface area contributed by atoms with Crippen molar-refractivity contribution in [2.75, 3.05) is 11.9 Å². The SMILES string of the molecule is Cc1ccc([C@H](C)NC(=O)N[C@@H](C)c2ccc3c(c2)NC(=O)CO3)o1. The van der Waals surface area contributed by atoms with Gasteiger partial charge in [-0.05, 0) is 50.6 Å². The number of hydrogen-bond acceptors (Lipinski definition) is 4. The predicted octanol–water partition coefficient (Wildman–Crippen LogP) is 3.04. The van der Waals surface area contributed by atoms with Gasteiger partial charge < -0.3 is 25.1 Å². The van der Waals surface area contributed by atoms with Crippen molar-refractivity contribution in [1.29, 1.82) is 0 Å². The number of aryl methyl sites for hydroxylation is 1. The molecule has 0 radical (unpaired) electrons. The lowest BCUT2D eigenvalue weighted by Gasteiger charge is -2.21. The van der Waals surface area contributed by atoms with Gasteiger partial charge >= 0.3 is 6.03 Å². The lowest BCUT2D eigenvalue weighted by molar-refractivity contribution is -0.118. The van der Waals surface area contributed by atoms with Gasteiger partial charge in [-0.15, -0.1) is 0 Å². The summed E-state index contributed by atoms with van der Waals surface area (Å²) in [6.07, 6.45) is 0. The first-order chi connectivity index (χ1) is 11.9. The van der Waals surface area contributed by atoms with E-state index in [0.29, 0.717) is 17.2 Å². The number of fused-ring (bicyclic) bond motifs is 1. The zero-order valence-electron chi connectivity index (χ0n) is 14.4. The molecule has 3 amide bonds. The number of urea groups is 1. The van der Waals surface area contributed by atoms with Crippen molar-refractivity contribution in [3.05, 3.63) is 47.4 Å². The number of rotatable bonds is 4. The second-order valence-corrected chi connectivity index (χ2v) is 6.10. The third-order valence-electron chi connectivity index (χ3n) is 4.02. The normalized spacial score (nSPS) is 15.4. The summed E-state index contributed by atoms with van der Waals surface area (Å²) in [6.45, 7) is 5.60. The Morgan fingerprint density at radius 3 is 2.64 bits per heavy atom. The molecule has 2 heterocycles. The average molecular weight is 343 g/mol. The van der Waals surface area contributed by atoms with Gasteiger partial charge in [0.2, 0.25) is 0 Å². The van der Waals surface area contributed by atoms with E-state index in [-0.39, 0.29) is 30.6 Å². The van der Waals surface area contributed by atoms with Crippen LogP contribution in [0.2, 0.25) is 0 Å². The van der Waals surface area contributed by atoms with Gasteiger partial charge in [0.25, 0.3) is 5.91 Å². The quantitative estimate of drug-likeness (QED) is 0.795. The lowest BCUT2D eigenvalue weighted by atomic mass is 10.1. The van der Waals surface area contributed by atoms with Crippen LogP contribution in [0.5, 0.6) is 5.75 Å². The first kappa shape index (κ1) is 16.9. The molecule has 3 N–H and O–H groups in total. The molecular weight excluding hydrogens is 322 g/mol. The van der Waals surface area contributed by atoms with Gasteiger partial charge in [-0.25, -0.2) is 4.79 Å². The summed E-state index contributed by atoms with van der Waals surface area (Å²) in [5, 5.41) is 8.48. The second kappa shape index (κ2) is 6.88. The minimum absolute atomic E-state index is 0.0205. The fraction of sp³-hybridized carbons (Fsp3) is 0.333. The zero-order valence-corrected chi connectivity index (χ0v) is 14.4. The lowest BCUT2D eigenvalue weighted by Crippen LogP contribution is -2.38. The van der Waals surface area contributed by atoms with Crippen molar-refractivity contribution in [3.8, 4) is 5.75 Å². The van der Waals surface area contributed by atoms with E-state index in [1.807, 2.05) is 39.0 Å². The maximum Gasteiger partial charge on any atom is 0.315 e. The van der Waals surface area contributed by atoms with Gasteiger partial charge in [-0.2, -0.15) is 0 Å². The van der Waals surface area contributed by atoms with E-state index in [1.165, 1.54) is 0 Å². The minimum Gasteiger partial charge on any atom is -0.482 e. The van der Waals surface area contributed by atoms with Gasteiger partial charge in [0.1, 0.15) is 17.3 Å². The van der Waals surface area contributed by atoms with Crippen molar-refractivity contribution >= 4 is 17.6 Å². The van der Waals surface area contributed by atoms with E-state index in [2.05, 4.69) is 16.0 Å². The van der Waals surface area contributed by atoms with Crippen molar-refractivity contribution in [2.45, 2.75) is 32.9 Å². The molecule has 0 saturated carbocycles. The largest absolute Gasteiger partial charge is 0.482 e. The highest BCUT2D eigenvalue weighted by atomic mass is 16.5. The highest BCUT2D eigenvalue weighted by molar-refractivity contribution is 5.95. The van der Waals surface area contributed by atoms with Crippen LogP contribution >= 0.6 is 0 Å². The summed E-state index contributed by atoms with van der Waals surface area (Å²) in [5.74, 6) is 1.94. The minimum atomic E-state index is -0.299. The van der Waals surface area contributed by atoms with Gasteiger partial charge in [0, 0.05) is 0 Å². The van der Waals surface area contributed by atoms with Crippen LogP contribution in [0.4, 0.5) is 10.5 Å². The van der Waals surface area contributed by atoms with Crippen LogP contribution in [-0.2, 0) is 4.79 Å². The number of carbonyl (C=O) groups is 2. The molecule has 2 atom stereocenters. The van der Waals surface area contributed by atoms with Crippen molar-refractivity contribution < 1.29 is 18.7 Å². The summed E-state index contributed by atoms with van der Waals surface area (Å²) in [7, 11) is 0. The number of furan rings is 1. The monoisotopic (exact) mass is 343 g/mol. The Balaban J connectivity index is 1.61. The van der Waals surface area contributed by atoms with Crippen molar-refractivity contribution in [2.24, 2.45) is 0 Å². The molecule has 0 aliphatic carbocycles. The van der Waals surface area contributed by atoms with Crippen molar-refractivity contribution in [3.63, 3.8) is 0 Å². The smallest absolute Gasteiger partial charge is 0.315 e. The summed E-state index contributed by atoms with van der Waals surface area (Å²) in [6, 6.07) is 8.37. The summed E-state index contributed by atoms with van der Waals surface area (Å²) in [5.41, 5.74) is 1.48. The topological polar surface area (TPSA) is 92.6 Å². The van der Waals surface area contributed by atoms with Crippen LogP contribution in [0.15, 0.2) is 34.7 Å². The Labute approximate surface area is 145 Å². The molecule has 1 aromatic carbocycles. The maximum atomic E-state index is 12.2. The molecule has 2 aromatic rings. The zero-order chi connectivity index (χ0) is 18.0. The van der Waals surface area contributed by atoms with E-state index in [1.54, 1.807) is 12.1 Å². The molecule has 7 nitrogen and oxygen atoms in total. The molecule has 0 saturated heterocycles. The highest BCUT2D eigenvalue weighted by Gasteiger charge is 2.19. The van der Waals surface area contributed by atoms with Crippen LogP contribution in [0, 0.1) is 6.92 Å². The molecule has 0 unspecified atom stereocenters. The van der Waals surface area contributed by atoms with Crippen LogP contribution in [0.1, 0.15) is 43.0 Å².